The summed E-state index contributed by atoms with van der Waals surface area (Å²) < 4.78 is 26.5. The molecule has 0 fully saturated rings. The highest BCUT2D eigenvalue weighted by molar-refractivity contribution is 7.90. The van der Waals surface area contributed by atoms with Crippen LogP contribution in [0.15, 0.2) is 42.5 Å². The van der Waals surface area contributed by atoms with Crippen LogP contribution in [-0.2, 0) is 21.2 Å². The van der Waals surface area contributed by atoms with Crippen LogP contribution >= 0.6 is 0 Å². The highest BCUT2D eigenvalue weighted by Crippen LogP contribution is 2.35. The first-order chi connectivity index (χ1) is 12.3. The summed E-state index contributed by atoms with van der Waals surface area (Å²) in [5.74, 6) is 0.0916. The highest BCUT2D eigenvalue weighted by Gasteiger charge is 2.21. The average molecular weight is 372 g/mol. The molecule has 1 aliphatic heterocycles. The SMILES string of the molecule is CC(CNS(=O)(=O)C(C)C)c1ccc(-c2cccc3c2NC(=O)C3)cc1. The number of hydrogen-bond acceptors (Lipinski definition) is 3. The van der Waals surface area contributed by atoms with Gasteiger partial charge in [-0.25, -0.2) is 13.1 Å². The maximum Gasteiger partial charge on any atom is 0.228 e. The standard InChI is InChI=1S/C20H24N2O3S/c1-13(2)26(24,25)21-12-14(3)15-7-9-16(10-8-15)18-6-4-5-17-11-19(23)22-20(17)18/h4-10,13-14,21H,11-12H2,1-3H3,(H,22,23). The minimum atomic E-state index is -3.25. The Labute approximate surface area is 154 Å². The fourth-order valence-electron chi connectivity index (χ4n) is 3.01. The monoisotopic (exact) mass is 372 g/mol. The fraction of sp³-hybridized carbons (Fsp3) is 0.350. The van der Waals surface area contributed by atoms with Gasteiger partial charge in [0, 0.05) is 12.1 Å². The molecular formula is C20H24N2O3S. The molecule has 1 aliphatic rings. The van der Waals surface area contributed by atoms with Crippen LogP contribution < -0.4 is 10.0 Å². The lowest BCUT2D eigenvalue weighted by Crippen LogP contribution is -2.33. The number of hydrogen-bond donors (Lipinski definition) is 2. The van der Waals surface area contributed by atoms with Crippen molar-refractivity contribution in [2.75, 3.05) is 11.9 Å². The van der Waals surface area contributed by atoms with E-state index in [9.17, 15) is 13.2 Å². The lowest BCUT2D eigenvalue weighted by Gasteiger charge is -2.16. The van der Waals surface area contributed by atoms with Crippen LogP contribution in [0.1, 0.15) is 37.8 Å². The van der Waals surface area contributed by atoms with Crippen LogP contribution in [0.5, 0.6) is 0 Å². The van der Waals surface area contributed by atoms with Crippen molar-refractivity contribution in [2.24, 2.45) is 0 Å². The molecule has 0 saturated carbocycles. The van der Waals surface area contributed by atoms with Gasteiger partial charge in [0.1, 0.15) is 0 Å². The number of rotatable bonds is 6. The van der Waals surface area contributed by atoms with E-state index in [2.05, 4.69) is 10.0 Å². The summed E-state index contributed by atoms with van der Waals surface area (Å²) >= 11 is 0. The molecule has 0 bridgehead atoms. The summed E-state index contributed by atoms with van der Waals surface area (Å²) in [6.07, 6.45) is 0.425. The Hall–Kier alpha value is -2.18. The lowest BCUT2D eigenvalue weighted by atomic mass is 9.96. The van der Waals surface area contributed by atoms with Crippen LogP contribution in [0.3, 0.4) is 0 Å². The summed E-state index contributed by atoms with van der Waals surface area (Å²) in [5, 5.41) is 2.50. The molecule has 1 heterocycles. The second-order valence-electron chi connectivity index (χ2n) is 7.03. The van der Waals surface area contributed by atoms with E-state index >= 15 is 0 Å². The molecule has 0 aliphatic carbocycles. The van der Waals surface area contributed by atoms with Gasteiger partial charge < -0.3 is 5.32 Å². The zero-order valence-electron chi connectivity index (χ0n) is 15.2. The van der Waals surface area contributed by atoms with Gasteiger partial charge in [-0.3, -0.25) is 4.79 Å². The normalized spacial score (nSPS) is 15.0. The van der Waals surface area contributed by atoms with Crippen LogP contribution in [0.25, 0.3) is 11.1 Å². The van der Waals surface area contributed by atoms with Gasteiger partial charge in [-0.1, -0.05) is 49.4 Å². The van der Waals surface area contributed by atoms with E-state index in [0.29, 0.717) is 13.0 Å². The first kappa shape index (κ1) is 18.6. The van der Waals surface area contributed by atoms with Crippen molar-refractivity contribution in [2.45, 2.75) is 38.4 Å². The number of fused-ring (bicyclic) bond motifs is 1. The summed E-state index contributed by atoms with van der Waals surface area (Å²) in [7, 11) is -3.25. The highest BCUT2D eigenvalue weighted by atomic mass is 32.2. The molecule has 2 aromatic carbocycles. The predicted molar refractivity (Wildman–Crippen MR) is 105 cm³/mol. The Bertz CT molecular complexity index is 919. The average Bonchev–Trinajstić information content (AvgIpc) is 3.00. The third-order valence-electron chi connectivity index (χ3n) is 4.77. The Kier molecular flexibility index (Phi) is 5.16. The van der Waals surface area contributed by atoms with Crippen LogP contribution in [0, 0.1) is 0 Å². The maximum atomic E-state index is 11.9. The Balaban J connectivity index is 1.76. The van der Waals surface area contributed by atoms with Crippen LogP contribution in [0.4, 0.5) is 5.69 Å². The minimum Gasteiger partial charge on any atom is -0.325 e. The number of carbonyl (C=O) groups excluding carboxylic acids is 1. The summed E-state index contributed by atoms with van der Waals surface area (Å²) in [5.41, 5.74) is 5.02. The number of benzene rings is 2. The van der Waals surface area contributed by atoms with Gasteiger partial charge in [-0.15, -0.1) is 0 Å². The van der Waals surface area contributed by atoms with Gasteiger partial charge in [-0.2, -0.15) is 0 Å². The van der Waals surface area contributed by atoms with Crippen LogP contribution in [0.2, 0.25) is 0 Å². The van der Waals surface area contributed by atoms with E-state index in [4.69, 9.17) is 0 Å². The molecular weight excluding hydrogens is 348 g/mol. The molecule has 3 rings (SSSR count). The van der Waals surface area contributed by atoms with Crippen molar-refractivity contribution in [1.29, 1.82) is 0 Å². The molecule has 1 atom stereocenters. The number of amides is 1. The van der Waals surface area contributed by atoms with E-state index in [1.165, 1.54) is 0 Å². The van der Waals surface area contributed by atoms with E-state index < -0.39 is 15.3 Å². The third kappa shape index (κ3) is 3.81. The first-order valence-electron chi connectivity index (χ1n) is 8.78. The van der Waals surface area contributed by atoms with E-state index in [0.717, 1.165) is 27.9 Å². The number of sulfonamides is 1. The Morgan fingerprint density at radius 2 is 1.77 bits per heavy atom. The van der Waals surface area contributed by atoms with Crippen LogP contribution in [-0.4, -0.2) is 26.1 Å². The third-order valence-corrected chi connectivity index (χ3v) is 6.58. The fourth-order valence-corrected chi connectivity index (χ4v) is 3.82. The number of nitrogens with one attached hydrogen (secondary N) is 2. The molecule has 6 heteroatoms. The molecule has 0 radical (unpaired) electrons. The lowest BCUT2D eigenvalue weighted by molar-refractivity contribution is -0.115. The van der Waals surface area contributed by atoms with Crippen molar-refractivity contribution >= 4 is 21.6 Å². The molecule has 0 saturated heterocycles. The molecule has 138 valence electrons. The van der Waals surface area contributed by atoms with Gasteiger partial charge in [0.05, 0.1) is 17.4 Å². The van der Waals surface area contributed by atoms with Gasteiger partial charge >= 0.3 is 0 Å². The number of anilines is 1. The maximum absolute atomic E-state index is 11.9. The van der Waals surface area contributed by atoms with Crippen molar-refractivity contribution in [3.8, 4) is 11.1 Å². The zero-order valence-corrected chi connectivity index (χ0v) is 16.1. The van der Waals surface area contributed by atoms with Crippen molar-refractivity contribution in [3.05, 3.63) is 53.6 Å². The molecule has 0 spiro atoms. The van der Waals surface area contributed by atoms with E-state index in [1.807, 2.05) is 49.4 Å². The van der Waals surface area contributed by atoms with Gasteiger partial charge in [-0.05, 0) is 36.5 Å². The van der Waals surface area contributed by atoms with E-state index in [1.54, 1.807) is 13.8 Å². The molecule has 0 aromatic heterocycles. The molecule has 2 N–H and O–H groups in total. The van der Waals surface area contributed by atoms with Gasteiger partial charge in [0.25, 0.3) is 0 Å². The van der Waals surface area contributed by atoms with E-state index in [-0.39, 0.29) is 11.8 Å². The Morgan fingerprint density at radius 1 is 1.08 bits per heavy atom. The largest absolute Gasteiger partial charge is 0.325 e. The Morgan fingerprint density at radius 3 is 2.42 bits per heavy atom. The first-order valence-corrected chi connectivity index (χ1v) is 10.3. The number of para-hydroxylation sites is 1. The minimum absolute atomic E-state index is 0.0233. The van der Waals surface area contributed by atoms with Gasteiger partial charge in [0.2, 0.25) is 15.9 Å². The summed E-state index contributed by atoms with van der Waals surface area (Å²) in [6.45, 7) is 5.70. The molecule has 5 nitrogen and oxygen atoms in total. The molecule has 2 aromatic rings. The van der Waals surface area contributed by atoms with Crippen molar-refractivity contribution in [3.63, 3.8) is 0 Å². The van der Waals surface area contributed by atoms with Crippen molar-refractivity contribution in [1.82, 2.24) is 4.72 Å². The second-order valence-corrected chi connectivity index (χ2v) is 9.35. The second kappa shape index (κ2) is 7.21. The molecule has 26 heavy (non-hydrogen) atoms. The molecule has 1 unspecified atom stereocenters. The quantitative estimate of drug-likeness (QED) is 0.817. The van der Waals surface area contributed by atoms with Gasteiger partial charge in [0.15, 0.2) is 0 Å². The summed E-state index contributed by atoms with van der Waals surface area (Å²) in [6, 6.07) is 14.0. The molecule has 1 amide bonds. The topological polar surface area (TPSA) is 75.3 Å². The summed E-state index contributed by atoms with van der Waals surface area (Å²) in [4.78, 5) is 11.7. The smallest absolute Gasteiger partial charge is 0.228 e. The number of carbonyl (C=O) groups is 1. The van der Waals surface area contributed by atoms with Crippen molar-refractivity contribution < 1.29 is 13.2 Å². The predicted octanol–water partition coefficient (Wildman–Crippen LogP) is 3.28. The zero-order chi connectivity index (χ0) is 18.9.